The van der Waals surface area contributed by atoms with E-state index in [9.17, 15) is 9.90 Å². The molecule has 2 N–H and O–H groups in total. The molecule has 0 amide bonds. The van der Waals surface area contributed by atoms with Crippen LogP contribution in [0.1, 0.15) is 11.1 Å². The molecule has 0 unspecified atom stereocenters. The van der Waals surface area contributed by atoms with Crippen LogP contribution < -0.4 is 10.3 Å². The molecule has 0 radical (unpaired) electrons. The fourth-order valence-electron chi connectivity index (χ4n) is 4.14. The zero-order valence-corrected chi connectivity index (χ0v) is 18.2. The van der Waals surface area contributed by atoms with Gasteiger partial charge >= 0.3 is 0 Å². The maximum Gasteiger partial charge on any atom is 0.265 e. The van der Waals surface area contributed by atoms with E-state index in [4.69, 9.17) is 4.74 Å². The van der Waals surface area contributed by atoms with Crippen LogP contribution in [0.3, 0.4) is 0 Å². The SMILES string of the molecule is COc1ccc(-n2c(O)c(C=NCCc3c[nH]c4ccccc34)c3ccccc3c2=O)cc1. The molecule has 0 atom stereocenters. The van der Waals surface area contributed by atoms with Gasteiger partial charge in [0.2, 0.25) is 5.88 Å². The summed E-state index contributed by atoms with van der Waals surface area (Å²) in [6, 6.07) is 22.4. The van der Waals surface area contributed by atoms with E-state index >= 15 is 0 Å². The second-order valence-electron chi connectivity index (χ2n) is 7.77. The lowest BCUT2D eigenvalue weighted by molar-refractivity contribution is 0.414. The smallest absolute Gasteiger partial charge is 0.265 e. The number of nitrogens with one attached hydrogen (secondary N) is 1. The van der Waals surface area contributed by atoms with Crippen molar-refractivity contribution in [2.24, 2.45) is 4.99 Å². The Morgan fingerprint density at radius 2 is 1.67 bits per heavy atom. The van der Waals surface area contributed by atoms with Gasteiger partial charge < -0.3 is 14.8 Å². The molecule has 0 aliphatic rings. The zero-order valence-electron chi connectivity index (χ0n) is 18.2. The van der Waals surface area contributed by atoms with Gasteiger partial charge in [0.1, 0.15) is 5.75 Å². The molecule has 0 fully saturated rings. The molecular formula is C27H23N3O3. The minimum Gasteiger partial charge on any atom is -0.497 e. The molecular weight excluding hydrogens is 414 g/mol. The first-order valence-corrected chi connectivity index (χ1v) is 10.7. The van der Waals surface area contributed by atoms with E-state index in [2.05, 4.69) is 22.1 Å². The molecule has 164 valence electrons. The van der Waals surface area contributed by atoms with Crippen LogP contribution in [0.2, 0.25) is 0 Å². The summed E-state index contributed by atoms with van der Waals surface area (Å²) in [6.45, 7) is 0.553. The van der Waals surface area contributed by atoms with E-state index in [0.29, 0.717) is 34.3 Å². The van der Waals surface area contributed by atoms with Gasteiger partial charge in [0.05, 0.1) is 18.4 Å². The number of fused-ring (bicyclic) bond motifs is 2. The van der Waals surface area contributed by atoms with Crippen molar-refractivity contribution >= 4 is 27.9 Å². The summed E-state index contributed by atoms with van der Waals surface area (Å²) in [5.41, 5.74) is 3.08. The number of hydrogen-bond acceptors (Lipinski definition) is 4. The zero-order chi connectivity index (χ0) is 22.8. The second kappa shape index (κ2) is 8.67. The molecule has 5 rings (SSSR count). The third-order valence-electron chi connectivity index (χ3n) is 5.84. The van der Waals surface area contributed by atoms with Crippen LogP contribution in [-0.2, 0) is 6.42 Å². The van der Waals surface area contributed by atoms with Crippen molar-refractivity contribution < 1.29 is 9.84 Å². The lowest BCUT2D eigenvalue weighted by Gasteiger charge is -2.14. The minimum atomic E-state index is -0.288. The number of para-hydroxylation sites is 1. The molecule has 0 saturated heterocycles. The van der Waals surface area contributed by atoms with Crippen molar-refractivity contribution in [3.8, 4) is 17.3 Å². The minimum absolute atomic E-state index is 0.139. The van der Waals surface area contributed by atoms with Gasteiger partial charge in [-0.15, -0.1) is 0 Å². The molecule has 2 aromatic heterocycles. The Bertz CT molecular complexity index is 1530. The molecule has 6 nitrogen and oxygen atoms in total. The first-order chi connectivity index (χ1) is 16.2. The highest BCUT2D eigenvalue weighted by atomic mass is 16.5. The van der Waals surface area contributed by atoms with Crippen LogP contribution in [0.4, 0.5) is 0 Å². The number of H-pyrrole nitrogens is 1. The van der Waals surface area contributed by atoms with E-state index < -0.39 is 0 Å². The fourth-order valence-corrected chi connectivity index (χ4v) is 4.14. The number of aromatic amines is 1. The molecule has 0 aliphatic heterocycles. The number of hydrogen-bond donors (Lipinski definition) is 2. The highest BCUT2D eigenvalue weighted by molar-refractivity contribution is 6.01. The Labute approximate surface area is 190 Å². The largest absolute Gasteiger partial charge is 0.497 e. The van der Waals surface area contributed by atoms with Crippen molar-refractivity contribution in [3.63, 3.8) is 0 Å². The van der Waals surface area contributed by atoms with E-state index in [1.807, 2.05) is 36.5 Å². The van der Waals surface area contributed by atoms with E-state index in [1.165, 1.54) is 15.5 Å². The standard InChI is InChI=1S/C27H23N3O3/c1-33-20-12-10-19(11-13-20)30-26(31)23-8-3-2-7-22(23)24(27(30)32)17-28-15-14-18-16-29-25-9-5-4-6-21(18)25/h2-13,16-17,29,32H,14-15H2,1H3. The van der Waals surface area contributed by atoms with Crippen molar-refractivity contribution in [2.45, 2.75) is 6.42 Å². The van der Waals surface area contributed by atoms with Crippen LogP contribution in [0, 0.1) is 0 Å². The van der Waals surface area contributed by atoms with Gasteiger partial charge in [-0.05, 0) is 48.4 Å². The monoisotopic (exact) mass is 437 g/mol. The Kier molecular flexibility index (Phi) is 5.40. The third kappa shape index (κ3) is 3.76. The molecule has 3 aromatic carbocycles. The van der Waals surface area contributed by atoms with Crippen LogP contribution >= 0.6 is 0 Å². The van der Waals surface area contributed by atoms with Crippen LogP contribution in [0.15, 0.2) is 88.8 Å². The summed E-state index contributed by atoms with van der Waals surface area (Å²) in [7, 11) is 1.58. The molecule has 0 saturated carbocycles. The summed E-state index contributed by atoms with van der Waals surface area (Å²) in [4.78, 5) is 21.1. The molecule has 2 heterocycles. The summed E-state index contributed by atoms with van der Waals surface area (Å²) in [5, 5.41) is 13.5. The predicted octanol–water partition coefficient (Wildman–Crippen LogP) is 4.85. The van der Waals surface area contributed by atoms with Crippen molar-refractivity contribution in [1.82, 2.24) is 9.55 Å². The molecule has 0 aliphatic carbocycles. The van der Waals surface area contributed by atoms with Crippen LogP contribution in [0.25, 0.3) is 27.4 Å². The molecule has 0 bridgehead atoms. The van der Waals surface area contributed by atoms with Gasteiger partial charge in [-0.1, -0.05) is 36.4 Å². The van der Waals surface area contributed by atoms with Gasteiger partial charge in [-0.2, -0.15) is 0 Å². The molecule has 6 heteroatoms. The average molecular weight is 437 g/mol. The fraction of sp³-hybridized carbons (Fsp3) is 0.111. The number of benzene rings is 3. The van der Waals surface area contributed by atoms with Gasteiger partial charge in [0, 0.05) is 40.6 Å². The van der Waals surface area contributed by atoms with Gasteiger partial charge in [0.15, 0.2) is 0 Å². The number of ether oxygens (including phenoxy) is 1. The lowest BCUT2D eigenvalue weighted by Crippen LogP contribution is -2.20. The third-order valence-corrected chi connectivity index (χ3v) is 5.84. The Morgan fingerprint density at radius 3 is 2.42 bits per heavy atom. The molecule has 0 spiro atoms. The van der Waals surface area contributed by atoms with Crippen molar-refractivity contribution in [2.75, 3.05) is 13.7 Å². The van der Waals surface area contributed by atoms with Crippen molar-refractivity contribution in [3.05, 3.63) is 100 Å². The molecule has 5 aromatic rings. The number of nitrogens with zero attached hydrogens (tertiary/aromatic N) is 2. The lowest BCUT2D eigenvalue weighted by atomic mass is 10.1. The maximum absolute atomic E-state index is 13.2. The number of aliphatic imine (C=N–C) groups is 1. The summed E-state index contributed by atoms with van der Waals surface area (Å²) < 4.78 is 6.52. The number of methoxy groups -OCH3 is 1. The van der Waals surface area contributed by atoms with Crippen molar-refractivity contribution in [1.29, 1.82) is 0 Å². The highest BCUT2D eigenvalue weighted by Crippen LogP contribution is 2.27. The van der Waals surface area contributed by atoms with Gasteiger partial charge in [-0.25, -0.2) is 4.57 Å². The first kappa shape index (κ1) is 20.6. The summed E-state index contributed by atoms with van der Waals surface area (Å²) >= 11 is 0. The Balaban J connectivity index is 1.52. The summed E-state index contributed by atoms with van der Waals surface area (Å²) in [5.74, 6) is 0.533. The van der Waals surface area contributed by atoms with Gasteiger partial charge in [-0.3, -0.25) is 9.79 Å². The maximum atomic E-state index is 13.2. The predicted molar refractivity (Wildman–Crippen MR) is 132 cm³/mol. The number of aromatic nitrogens is 2. The normalized spacial score (nSPS) is 11.5. The first-order valence-electron chi connectivity index (χ1n) is 10.7. The van der Waals surface area contributed by atoms with E-state index in [-0.39, 0.29) is 11.4 Å². The second-order valence-corrected chi connectivity index (χ2v) is 7.77. The van der Waals surface area contributed by atoms with E-state index in [0.717, 1.165) is 11.9 Å². The summed E-state index contributed by atoms with van der Waals surface area (Å²) in [6.07, 6.45) is 4.43. The van der Waals surface area contributed by atoms with Crippen LogP contribution in [-0.4, -0.2) is 34.5 Å². The average Bonchev–Trinajstić information content (AvgIpc) is 3.27. The Hall–Kier alpha value is -4.32. The number of pyridine rings is 1. The highest BCUT2D eigenvalue weighted by Gasteiger charge is 2.16. The molecule has 33 heavy (non-hydrogen) atoms. The quantitative estimate of drug-likeness (QED) is 0.373. The number of aromatic hydroxyl groups is 1. The van der Waals surface area contributed by atoms with E-state index in [1.54, 1.807) is 43.7 Å². The Morgan fingerprint density at radius 1 is 0.970 bits per heavy atom. The number of rotatable bonds is 6. The van der Waals surface area contributed by atoms with Crippen LogP contribution in [0.5, 0.6) is 11.6 Å². The van der Waals surface area contributed by atoms with Gasteiger partial charge in [0.25, 0.3) is 5.56 Å². The topological polar surface area (TPSA) is 79.6 Å².